The Kier molecular flexibility index (Phi) is 5.16. The number of ether oxygens (including phenoxy) is 1. The SMILES string of the molecule is COc1ccc(Br)c(C(=O)N[C@H](C(=O)O)C(C)(C)C)c1. The summed E-state index contributed by atoms with van der Waals surface area (Å²) in [4.78, 5) is 23.5. The molecule has 0 fully saturated rings. The number of aliphatic carboxylic acids is 1. The van der Waals surface area contributed by atoms with Gasteiger partial charge in [-0.2, -0.15) is 0 Å². The van der Waals surface area contributed by atoms with Crippen LogP contribution in [0.3, 0.4) is 0 Å². The van der Waals surface area contributed by atoms with Crippen molar-refractivity contribution in [2.24, 2.45) is 5.41 Å². The zero-order valence-electron chi connectivity index (χ0n) is 11.9. The van der Waals surface area contributed by atoms with Crippen LogP contribution < -0.4 is 10.1 Å². The third-order valence-electron chi connectivity index (χ3n) is 2.81. The highest BCUT2D eigenvalue weighted by Crippen LogP contribution is 2.24. The van der Waals surface area contributed by atoms with Gasteiger partial charge in [0, 0.05) is 4.47 Å². The molecule has 2 N–H and O–H groups in total. The Balaban J connectivity index is 3.03. The van der Waals surface area contributed by atoms with Crippen molar-refractivity contribution in [1.82, 2.24) is 5.32 Å². The third kappa shape index (κ3) is 3.96. The molecule has 0 radical (unpaired) electrons. The molecular weight excluding hydrogens is 326 g/mol. The quantitative estimate of drug-likeness (QED) is 0.881. The molecule has 1 aromatic carbocycles. The standard InChI is InChI=1S/C14H18BrNO4/c1-14(2,3)11(13(18)19)16-12(17)9-7-8(20-4)5-6-10(9)15/h5-7,11H,1-4H3,(H,16,17)(H,18,19)/t11-/m1/s1. The minimum atomic E-state index is -1.06. The zero-order chi connectivity index (χ0) is 15.5. The molecule has 20 heavy (non-hydrogen) atoms. The van der Waals surface area contributed by atoms with E-state index in [1.807, 2.05) is 0 Å². The molecule has 0 aromatic heterocycles. The zero-order valence-corrected chi connectivity index (χ0v) is 13.4. The number of carbonyl (C=O) groups is 2. The Bertz CT molecular complexity index is 522. The number of amides is 1. The van der Waals surface area contributed by atoms with Crippen molar-refractivity contribution >= 4 is 27.8 Å². The fourth-order valence-corrected chi connectivity index (χ4v) is 2.09. The van der Waals surface area contributed by atoms with Crippen LogP contribution in [0.5, 0.6) is 5.75 Å². The van der Waals surface area contributed by atoms with Gasteiger partial charge in [-0.25, -0.2) is 4.79 Å². The first kappa shape index (κ1) is 16.5. The van der Waals surface area contributed by atoms with Gasteiger partial charge in [0.25, 0.3) is 5.91 Å². The van der Waals surface area contributed by atoms with Crippen LogP contribution in [-0.2, 0) is 4.79 Å². The average molecular weight is 344 g/mol. The van der Waals surface area contributed by atoms with Gasteiger partial charge in [-0.1, -0.05) is 20.8 Å². The number of hydrogen-bond donors (Lipinski definition) is 2. The molecule has 110 valence electrons. The second-order valence-corrected chi connectivity index (χ2v) is 6.31. The molecule has 0 aliphatic rings. The molecule has 1 atom stereocenters. The summed E-state index contributed by atoms with van der Waals surface area (Å²) in [5.74, 6) is -0.996. The Morgan fingerprint density at radius 2 is 1.95 bits per heavy atom. The first-order valence-corrected chi connectivity index (χ1v) is 6.83. The van der Waals surface area contributed by atoms with Gasteiger partial charge in [-0.3, -0.25) is 4.79 Å². The first-order chi connectivity index (χ1) is 9.16. The van der Waals surface area contributed by atoms with Crippen molar-refractivity contribution in [3.63, 3.8) is 0 Å². The normalized spacial score (nSPS) is 12.7. The number of carbonyl (C=O) groups excluding carboxylic acids is 1. The van der Waals surface area contributed by atoms with Gasteiger partial charge in [0.15, 0.2) is 0 Å². The van der Waals surface area contributed by atoms with Crippen LogP contribution in [0.15, 0.2) is 22.7 Å². The number of carboxylic acids is 1. The summed E-state index contributed by atoms with van der Waals surface area (Å²) in [6, 6.07) is 3.97. The fraction of sp³-hybridized carbons (Fsp3) is 0.429. The highest BCUT2D eigenvalue weighted by molar-refractivity contribution is 9.10. The van der Waals surface area contributed by atoms with Crippen molar-refractivity contribution in [3.05, 3.63) is 28.2 Å². The van der Waals surface area contributed by atoms with E-state index in [0.717, 1.165) is 0 Å². The van der Waals surface area contributed by atoms with E-state index in [4.69, 9.17) is 4.74 Å². The van der Waals surface area contributed by atoms with Crippen molar-refractivity contribution < 1.29 is 19.4 Å². The molecule has 6 heteroatoms. The Labute approximate surface area is 126 Å². The molecule has 1 amide bonds. The van der Waals surface area contributed by atoms with Crippen molar-refractivity contribution in [3.8, 4) is 5.75 Å². The van der Waals surface area contributed by atoms with Gasteiger partial charge in [-0.05, 0) is 39.5 Å². The molecule has 0 spiro atoms. The number of methoxy groups -OCH3 is 1. The van der Waals surface area contributed by atoms with Crippen LogP contribution >= 0.6 is 15.9 Å². The lowest BCUT2D eigenvalue weighted by molar-refractivity contribution is -0.142. The second kappa shape index (κ2) is 6.26. The van der Waals surface area contributed by atoms with Gasteiger partial charge < -0.3 is 15.2 Å². The van der Waals surface area contributed by atoms with Crippen LogP contribution in [0.25, 0.3) is 0 Å². The van der Waals surface area contributed by atoms with Gasteiger partial charge in [0.05, 0.1) is 12.7 Å². The van der Waals surface area contributed by atoms with Gasteiger partial charge >= 0.3 is 5.97 Å². The fourth-order valence-electron chi connectivity index (χ4n) is 1.66. The van der Waals surface area contributed by atoms with Gasteiger partial charge in [-0.15, -0.1) is 0 Å². The smallest absolute Gasteiger partial charge is 0.326 e. The van der Waals surface area contributed by atoms with E-state index in [1.165, 1.54) is 7.11 Å². The summed E-state index contributed by atoms with van der Waals surface area (Å²) in [5, 5.41) is 11.8. The minimum Gasteiger partial charge on any atom is -0.497 e. The van der Waals surface area contributed by atoms with Crippen molar-refractivity contribution in [2.75, 3.05) is 7.11 Å². The van der Waals surface area contributed by atoms with Gasteiger partial charge in [0.2, 0.25) is 0 Å². The van der Waals surface area contributed by atoms with Crippen LogP contribution in [-0.4, -0.2) is 30.1 Å². The molecule has 0 heterocycles. The molecule has 0 saturated heterocycles. The maximum absolute atomic E-state index is 12.2. The molecule has 0 aliphatic carbocycles. The summed E-state index contributed by atoms with van der Waals surface area (Å²) in [6.07, 6.45) is 0. The van der Waals surface area contributed by atoms with Crippen LogP contribution in [0.4, 0.5) is 0 Å². The predicted molar refractivity (Wildman–Crippen MR) is 79.0 cm³/mol. The van der Waals surface area contributed by atoms with Crippen LogP contribution in [0.1, 0.15) is 31.1 Å². The molecule has 0 bridgehead atoms. The number of hydrogen-bond acceptors (Lipinski definition) is 3. The van der Waals surface area contributed by atoms with Crippen molar-refractivity contribution in [1.29, 1.82) is 0 Å². The van der Waals surface area contributed by atoms with E-state index < -0.39 is 23.3 Å². The number of carboxylic acid groups (broad SMARTS) is 1. The van der Waals surface area contributed by atoms with E-state index in [0.29, 0.717) is 15.8 Å². The Hall–Kier alpha value is -1.56. The number of rotatable bonds is 4. The van der Waals surface area contributed by atoms with Gasteiger partial charge in [0.1, 0.15) is 11.8 Å². The molecule has 0 unspecified atom stereocenters. The van der Waals surface area contributed by atoms with Crippen LogP contribution in [0, 0.1) is 5.41 Å². The molecule has 5 nitrogen and oxygen atoms in total. The average Bonchev–Trinajstić information content (AvgIpc) is 2.34. The molecule has 1 aromatic rings. The summed E-state index contributed by atoms with van der Waals surface area (Å²) in [7, 11) is 1.50. The number of benzene rings is 1. The highest BCUT2D eigenvalue weighted by Gasteiger charge is 2.33. The van der Waals surface area contributed by atoms with E-state index in [9.17, 15) is 14.7 Å². The molecule has 0 aliphatic heterocycles. The highest BCUT2D eigenvalue weighted by atomic mass is 79.9. The lowest BCUT2D eigenvalue weighted by Gasteiger charge is -2.27. The van der Waals surface area contributed by atoms with Crippen molar-refractivity contribution in [2.45, 2.75) is 26.8 Å². The van der Waals surface area contributed by atoms with Crippen LogP contribution in [0.2, 0.25) is 0 Å². The first-order valence-electron chi connectivity index (χ1n) is 6.04. The molecule has 0 saturated carbocycles. The topological polar surface area (TPSA) is 75.6 Å². The largest absolute Gasteiger partial charge is 0.497 e. The van der Waals surface area contributed by atoms with E-state index in [-0.39, 0.29) is 0 Å². The Morgan fingerprint density at radius 3 is 2.40 bits per heavy atom. The third-order valence-corrected chi connectivity index (χ3v) is 3.50. The summed E-state index contributed by atoms with van der Waals surface area (Å²) in [5.41, 5.74) is -0.257. The number of nitrogens with one attached hydrogen (secondary N) is 1. The minimum absolute atomic E-state index is 0.333. The summed E-state index contributed by atoms with van der Waals surface area (Å²) >= 11 is 3.27. The molecular formula is C14H18BrNO4. The van der Waals surface area contributed by atoms with E-state index >= 15 is 0 Å². The maximum atomic E-state index is 12.2. The maximum Gasteiger partial charge on any atom is 0.326 e. The second-order valence-electron chi connectivity index (χ2n) is 5.46. The van der Waals surface area contributed by atoms with E-state index in [1.54, 1.807) is 39.0 Å². The lowest BCUT2D eigenvalue weighted by atomic mass is 9.86. The monoisotopic (exact) mass is 343 g/mol. The molecule has 1 rings (SSSR count). The predicted octanol–water partition coefficient (Wildman–Crippen LogP) is 2.69. The summed E-state index contributed by atoms with van der Waals surface area (Å²) < 4.78 is 5.64. The number of halogens is 1. The Morgan fingerprint density at radius 1 is 1.35 bits per heavy atom. The summed E-state index contributed by atoms with van der Waals surface area (Å²) in [6.45, 7) is 5.27. The lowest BCUT2D eigenvalue weighted by Crippen LogP contribution is -2.49. The van der Waals surface area contributed by atoms with E-state index in [2.05, 4.69) is 21.2 Å².